The molecule has 1 aromatic carbocycles. The molecule has 4 nitrogen and oxygen atoms in total. The fourth-order valence-electron chi connectivity index (χ4n) is 5.68. The Labute approximate surface area is 153 Å². The largest absolute Gasteiger partial charge is 0.394 e. The predicted octanol–water partition coefficient (Wildman–Crippen LogP) is 4.59. The lowest BCUT2D eigenvalue weighted by molar-refractivity contribution is 0.0105. The van der Waals surface area contributed by atoms with E-state index in [1.807, 2.05) is 18.2 Å². The summed E-state index contributed by atoms with van der Waals surface area (Å²) in [4.78, 5) is 10.1. The van der Waals surface area contributed by atoms with Crippen molar-refractivity contribution in [1.82, 2.24) is 9.97 Å². The molecule has 5 heteroatoms. The lowest BCUT2D eigenvalue weighted by atomic mass is 9.53. The molecule has 0 aliphatic heterocycles. The van der Waals surface area contributed by atoms with Gasteiger partial charge in [0.25, 0.3) is 0 Å². The molecule has 25 heavy (non-hydrogen) atoms. The van der Waals surface area contributed by atoms with Crippen LogP contribution in [0.15, 0.2) is 46.6 Å². The van der Waals surface area contributed by atoms with E-state index >= 15 is 0 Å². The Morgan fingerprint density at radius 1 is 0.960 bits per heavy atom. The minimum atomic E-state index is 0.214. The number of rotatable bonds is 4. The number of hydrogen-bond donors (Lipinski definition) is 2. The Bertz CT molecular complexity index is 741. The van der Waals surface area contributed by atoms with Crippen molar-refractivity contribution in [2.75, 3.05) is 11.1 Å². The maximum atomic E-state index is 6.45. The van der Waals surface area contributed by atoms with Gasteiger partial charge in [-0.15, -0.1) is 0 Å². The Balaban J connectivity index is 1.40. The fourth-order valence-corrected chi connectivity index (χ4v) is 6.50. The van der Waals surface area contributed by atoms with Crippen molar-refractivity contribution in [2.24, 2.45) is 17.8 Å². The summed E-state index contributed by atoms with van der Waals surface area (Å²) < 4.78 is 0. The van der Waals surface area contributed by atoms with Gasteiger partial charge >= 0.3 is 0 Å². The van der Waals surface area contributed by atoms with Gasteiger partial charge < -0.3 is 11.1 Å². The Hall–Kier alpha value is -1.75. The van der Waals surface area contributed by atoms with Gasteiger partial charge in [-0.05, 0) is 68.4 Å². The summed E-state index contributed by atoms with van der Waals surface area (Å²) in [5.74, 6) is 3.54. The summed E-state index contributed by atoms with van der Waals surface area (Å²) in [5, 5.41) is 4.63. The van der Waals surface area contributed by atoms with E-state index in [2.05, 4.69) is 27.4 Å². The van der Waals surface area contributed by atoms with Crippen LogP contribution in [-0.4, -0.2) is 15.5 Å². The molecule has 0 unspecified atom stereocenters. The highest BCUT2D eigenvalue weighted by molar-refractivity contribution is 7.99. The summed E-state index contributed by atoms with van der Waals surface area (Å²) in [6.45, 7) is 0. The molecule has 1 heterocycles. The highest BCUT2D eigenvalue weighted by Gasteiger charge is 2.51. The van der Waals surface area contributed by atoms with Gasteiger partial charge in [-0.3, -0.25) is 0 Å². The Morgan fingerprint density at radius 3 is 2.24 bits per heavy atom. The van der Waals surface area contributed by atoms with Crippen LogP contribution in [0.25, 0.3) is 0 Å². The maximum absolute atomic E-state index is 6.45. The van der Waals surface area contributed by atoms with Crippen LogP contribution in [-0.2, 0) is 0 Å². The molecule has 0 saturated heterocycles. The minimum absolute atomic E-state index is 0.214. The van der Waals surface area contributed by atoms with E-state index in [1.165, 1.54) is 38.5 Å². The number of nitrogens with zero attached hydrogens (tertiary/aromatic N) is 2. The molecule has 0 radical (unpaired) electrons. The SMILES string of the molecule is Nc1c(NC23CC4CC(CC(C4)C2)C3)ncnc1Sc1ccccc1. The van der Waals surface area contributed by atoms with E-state index in [-0.39, 0.29) is 5.54 Å². The zero-order chi connectivity index (χ0) is 16.9. The number of nitrogens with one attached hydrogen (secondary N) is 1. The number of aromatic nitrogens is 2. The van der Waals surface area contributed by atoms with Gasteiger partial charge in [0.05, 0.1) is 0 Å². The molecule has 4 fully saturated rings. The molecule has 0 atom stereocenters. The number of hydrogen-bond acceptors (Lipinski definition) is 5. The third-order valence-electron chi connectivity index (χ3n) is 6.23. The molecule has 2 aromatic rings. The third kappa shape index (κ3) is 2.88. The summed E-state index contributed by atoms with van der Waals surface area (Å²) in [6, 6.07) is 10.3. The fraction of sp³-hybridized carbons (Fsp3) is 0.500. The topological polar surface area (TPSA) is 63.8 Å². The smallest absolute Gasteiger partial charge is 0.154 e. The number of nitrogen functional groups attached to an aromatic ring is 1. The average Bonchev–Trinajstić information content (AvgIpc) is 2.58. The van der Waals surface area contributed by atoms with Crippen molar-refractivity contribution in [3.63, 3.8) is 0 Å². The standard InChI is InChI=1S/C20H24N4S/c21-17-18(22-12-23-19(17)25-16-4-2-1-3-5-16)24-20-9-13-6-14(10-20)8-15(7-13)11-20/h1-5,12-15H,6-11,21H2,(H,22,23,24). The zero-order valence-electron chi connectivity index (χ0n) is 14.3. The van der Waals surface area contributed by atoms with Crippen LogP contribution < -0.4 is 11.1 Å². The van der Waals surface area contributed by atoms with E-state index in [0.717, 1.165) is 33.5 Å². The van der Waals surface area contributed by atoms with Crippen molar-refractivity contribution >= 4 is 23.3 Å². The lowest BCUT2D eigenvalue weighted by Crippen LogP contribution is -2.55. The first-order valence-electron chi connectivity index (χ1n) is 9.31. The van der Waals surface area contributed by atoms with Gasteiger partial charge in [-0.1, -0.05) is 30.0 Å². The molecule has 4 aliphatic carbocycles. The van der Waals surface area contributed by atoms with Crippen LogP contribution >= 0.6 is 11.8 Å². The molecule has 1 aromatic heterocycles. The second kappa shape index (κ2) is 5.90. The first-order chi connectivity index (χ1) is 12.2. The zero-order valence-corrected chi connectivity index (χ0v) is 15.1. The van der Waals surface area contributed by atoms with Gasteiger partial charge in [0, 0.05) is 10.4 Å². The van der Waals surface area contributed by atoms with Crippen LogP contribution in [0.3, 0.4) is 0 Å². The first kappa shape index (κ1) is 15.5. The van der Waals surface area contributed by atoms with Crippen molar-refractivity contribution in [3.05, 3.63) is 36.7 Å². The van der Waals surface area contributed by atoms with E-state index in [0.29, 0.717) is 5.69 Å². The number of anilines is 2. The Kier molecular flexibility index (Phi) is 3.66. The summed E-state index contributed by atoms with van der Waals surface area (Å²) in [7, 11) is 0. The highest BCUT2D eigenvalue weighted by atomic mass is 32.2. The minimum Gasteiger partial charge on any atom is -0.394 e. The van der Waals surface area contributed by atoms with Gasteiger partial charge in [-0.2, -0.15) is 0 Å². The number of benzene rings is 1. The van der Waals surface area contributed by atoms with Crippen LogP contribution in [0.5, 0.6) is 0 Å². The monoisotopic (exact) mass is 352 g/mol. The quantitative estimate of drug-likeness (QED) is 0.788. The molecule has 0 spiro atoms. The highest BCUT2D eigenvalue weighted by Crippen LogP contribution is 2.56. The van der Waals surface area contributed by atoms with Gasteiger partial charge in [0.2, 0.25) is 0 Å². The predicted molar refractivity (Wildman–Crippen MR) is 102 cm³/mol. The van der Waals surface area contributed by atoms with Gasteiger partial charge in [0.15, 0.2) is 5.82 Å². The van der Waals surface area contributed by atoms with Crippen molar-refractivity contribution < 1.29 is 0 Å². The lowest BCUT2D eigenvalue weighted by Gasteiger charge is -2.57. The van der Waals surface area contributed by atoms with Crippen LogP contribution in [0.1, 0.15) is 38.5 Å². The molecule has 6 rings (SSSR count). The second-order valence-electron chi connectivity index (χ2n) is 8.18. The summed E-state index contributed by atoms with van der Waals surface area (Å²) >= 11 is 1.60. The summed E-state index contributed by atoms with van der Waals surface area (Å²) in [5.41, 5.74) is 7.35. The molecule has 3 N–H and O–H groups in total. The van der Waals surface area contributed by atoms with E-state index < -0.39 is 0 Å². The molecule has 0 amide bonds. The number of nitrogens with two attached hydrogens (primary N) is 1. The van der Waals surface area contributed by atoms with Gasteiger partial charge in [0.1, 0.15) is 17.0 Å². The second-order valence-corrected chi connectivity index (χ2v) is 9.24. The van der Waals surface area contributed by atoms with Crippen molar-refractivity contribution in [3.8, 4) is 0 Å². The molecular formula is C20H24N4S. The van der Waals surface area contributed by atoms with Crippen molar-refractivity contribution in [2.45, 2.75) is 54.0 Å². The van der Waals surface area contributed by atoms with Crippen molar-refractivity contribution in [1.29, 1.82) is 0 Å². The molecule has 4 aliphatic rings. The van der Waals surface area contributed by atoms with E-state index in [1.54, 1.807) is 18.1 Å². The average molecular weight is 353 g/mol. The third-order valence-corrected chi connectivity index (χ3v) is 7.25. The normalized spacial score (nSPS) is 32.7. The Morgan fingerprint density at radius 2 is 1.60 bits per heavy atom. The van der Waals surface area contributed by atoms with Gasteiger partial charge in [-0.25, -0.2) is 9.97 Å². The molecule has 4 bridgehead atoms. The first-order valence-corrected chi connectivity index (χ1v) is 10.1. The summed E-state index contributed by atoms with van der Waals surface area (Å²) in [6.07, 6.45) is 9.81. The van der Waals surface area contributed by atoms with Crippen LogP contribution in [0.4, 0.5) is 11.5 Å². The van der Waals surface area contributed by atoms with Crippen LogP contribution in [0.2, 0.25) is 0 Å². The van der Waals surface area contributed by atoms with Crippen LogP contribution in [0, 0.1) is 17.8 Å². The molecule has 130 valence electrons. The molecular weight excluding hydrogens is 328 g/mol. The van der Waals surface area contributed by atoms with E-state index in [4.69, 9.17) is 5.73 Å². The maximum Gasteiger partial charge on any atom is 0.154 e. The molecule has 4 saturated carbocycles. The van der Waals surface area contributed by atoms with E-state index in [9.17, 15) is 0 Å².